The zero-order chi connectivity index (χ0) is 11.4. The van der Waals surface area contributed by atoms with Crippen molar-refractivity contribution in [3.05, 3.63) is 15.8 Å². The lowest BCUT2D eigenvalue weighted by molar-refractivity contribution is -0.386. The molecule has 1 atom stereocenters. The van der Waals surface area contributed by atoms with Crippen LogP contribution in [-0.2, 0) is 0 Å². The molecule has 1 unspecified atom stereocenters. The number of aromatic amines is 1. The molecular weight excluding hydrogens is 200 g/mol. The maximum atomic E-state index is 10.6. The average molecular weight is 214 g/mol. The summed E-state index contributed by atoms with van der Waals surface area (Å²) < 4.78 is 5.17. The van der Waals surface area contributed by atoms with Crippen molar-refractivity contribution in [3.8, 4) is 5.88 Å². The smallest absolute Gasteiger partial charge is 0.352 e. The Morgan fingerprint density at radius 2 is 2.40 bits per heavy atom. The minimum Gasteiger partial charge on any atom is -0.472 e. The maximum Gasteiger partial charge on any atom is 0.352 e. The molecule has 1 aromatic rings. The molecule has 3 N–H and O–H groups in total. The van der Waals surface area contributed by atoms with Crippen LogP contribution in [0, 0.1) is 17.0 Å². The van der Waals surface area contributed by atoms with Crippen molar-refractivity contribution < 1.29 is 9.66 Å². The first-order chi connectivity index (χ1) is 7.02. The summed E-state index contributed by atoms with van der Waals surface area (Å²) >= 11 is 0. The molecule has 0 spiro atoms. The molecule has 0 radical (unpaired) electrons. The van der Waals surface area contributed by atoms with Gasteiger partial charge < -0.3 is 10.5 Å². The number of ether oxygens (including phenoxy) is 1. The lowest BCUT2D eigenvalue weighted by atomic mass is 10.3. The molecule has 1 rings (SSSR count). The summed E-state index contributed by atoms with van der Waals surface area (Å²) in [5.41, 5.74) is 5.79. The van der Waals surface area contributed by atoms with Crippen LogP contribution < -0.4 is 10.5 Å². The predicted octanol–water partition coefficient (Wildman–Crippen LogP) is 0.742. The van der Waals surface area contributed by atoms with Crippen molar-refractivity contribution in [2.24, 2.45) is 5.73 Å². The van der Waals surface area contributed by atoms with E-state index in [-0.39, 0.29) is 17.6 Å². The monoisotopic (exact) mass is 214 g/mol. The molecule has 0 saturated heterocycles. The van der Waals surface area contributed by atoms with Crippen molar-refractivity contribution in [2.75, 3.05) is 6.61 Å². The van der Waals surface area contributed by atoms with Gasteiger partial charge in [-0.25, -0.2) is 0 Å². The first-order valence-corrected chi connectivity index (χ1v) is 4.60. The Morgan fingerprint density at radius 1 is 1.73 bits per heavy atom. The molecule has 0 aliphatic heterocycles. The predicted molar refractivity (Wildman–Crippen MR) is 53.7 cm³/mol. The Balaban J connectivity index is 2.65. The van der Waals surface area contributed by atoms with Crippen molar-refractivity contribution in [1.82, 2.24) is 10.2 Å². The number of hydrogen-bond donors (Lipinski definition) is 2. The third-order valence-electron chi connectivity index (χ3n) is 1.88. The van der Waals surface area contributed by atoms with E-state index in [4.69, 9.17) is 10.5 Å². The second-order valence-electron chi connectivity index (χ2n) is 3.37. The van der Waals surface area contributed by atoms with Gasteiger partial charge in [0.05, 0.1) is 11.5 Å². The van der Waals surface area contributed by atoms with Gasteiger partial charge in [0.1, 0.15) is 5.69 Å². The van der Waals surface area contributed by atoms with Gasteiger partial charge in [-0.2, -0.15) is 0 Å². The van der Waals surface area contributed by atoms with Gasteiger partial charge in [-0.1, -0.05) is 0 Å². The normalized spacial score (nSPS) is 12.5. The Kier molecular flexibility index (Phi) is 3.62. The van der Waals surface area contributed by atoms with Crippen LogP contribution in [0.5, 0.6) is 5.88 Å². The number of nitrogens with zero attached hydrogens (tertiary/aromatic N) is 2. The number of nitrogens with two attached hydrogens (primary N) is 1. The number of nitro groups is 1. The highest BCUT2D eigenvalue weighted by Crippen LogP contribution is 2.27. The van der Waals surface area contributed by atoms with E-state index >= 15 is 0 Å². The molecule has 0 bridgehead atoms. The van der Waals surface area contributed by atoms with Crippen LogP contribution in [0.25, 0.3) is 0 Å². The topological polar surface area (TPSA) is 107 Å². The molecule has 0 aliphatic carbocycles. The highest BCUT2D eigenvalue weighted by molar-refractivity contribution is 5.44. The fraction of sp³-hybridized carbons (Fsp3) is 0.625. The molecule has 1 heterocycles. The minimum atomic E-state index is -0.514. The summed E-state index contributed by atoms with van der Waals surface area (Å²) in [6.07, 6.45) is 0.628. The standard InChI is InChI=1S/C8H14N4O3/c1-5(9)3-4-15-8-7(12(13)14)6(2)10-11-8/h5H,3-4,9H2,1-2H3,(H,10,11). The van der Waals surface area contributed by atoms with Gasteiger partial charge in [0.15, 0.2) is 0 Å². The van der Waals surface area contributed by atoms with Crippen LogP contribution in [-0.4, -0.2) is 27.8 Å². The molecule has 7 nitrogen and oxygen atoms in total. The minimum absolute atomic E-state index is 0.00379. The number of H-pyrrole nitrogens is 1. The Hall–Kier alpha value is -1.63. The largest absolute Gasteiger partial charge is 0.472 e. The Bertz CT molecular complexity index is 348. The van der Waals surface area contributed by atoms with Crippen LogP contribution >= 0.6 is 0 Å². The van der Waals surface area contributed by atoms with Crippen LogP contribution in [0.1, 0.15) is 19.0 Å². The number of rotatable bonds is 5. The molecular formula is C8H14N4O3. The molecule has 0 fully saturated rings. The zero-order valence-electron chi connectivity index (χ0n) is 8.69. The average Bonchev–Trinajstić information content (AvgIpc) is 2.46. The Labute approximate surface area is 86.8 Å². The number of aryl methyl sites for hydroxylation is 1. The van der Waals surface area contributed by atoms with E-state index in [1.165, 1.54) is 0 Å². The molecule has 7 heteroatoms. The second-order valence-corrected chi connectivity index (χ2v) is 3.37. The SMILES string of the molecule is Cc1[nH]nc(OCCC(C)N)c1[N+](=O)[O-]. The maximum absolute atomic E-state index is 10.6. The van der Waals surface area contributed by atoms with E-state index in [2.05, 4.69) is 10.2 Å². The molecule has 0 aliphatic rings. The highest BCUT2D eigenvalue weighted by Gasteiger charge is 2.22. The van der Waals surface area contributed by atoms with Crippen LogP contribution in [0.3, 0.4) is 0 Å². The third kappa shape index (κ3) is 2.91. The lowest BCUT2D eigenvalue weighted by Crippen LogP contribution is -2.18. The summed E-state index contributed by atoms with van der Waals surface area (Å²) in [7, 11) is 0. The van der Waals surface area contributed by atoms with Gasteiger partial charge >= 0.3 is 11.6 Å². The third-order valence-corrected chi connectivity index (χ3v) is 1.88. The van der Waals surface area contributed by atoms with Gasteiger partial charge in [0, 0.05) is 6.04 Å². The Morgan fingerprint density at radius 3 is 2.93 bits per heavy atom. The molecule has 1 aromatic heterocycles. The molecule has 15 heavy (non-hydrogen) atoms. The van der Waals surface area contributed by atoms with E-state index in [0.717, 1.165) is 0 Å². The van der Waals surface area contributed by atoms with Crippen LogP contribution in [0.4, 0.5) is 5.69 Å². The van der Waals surface area contributed by atoms with Gasteiger partial charge in [0.2, 0.25) is 0 Å². The van der Waals surface area contributed by atoms with Crippen molar-refractivity contribution in [3.63, 3.8) is 0 Å². The second kappa shape index (κ2) is 4.74. The van der Waals surface area contributed by atoms with Crippen molar-refractivity contribution in [1.29, 1.82) is 0 Å². The highest BCUT2D eigenvalue weighted by atomic mass is 16.6. The summed E-state index contributed by atoms with van der Waals surface area (Å²) in [5.74, 6) is 0.0261. The van der Waals surface area contributed by atoms with Crippen molar-refractivity contribution >= 4 is 5.69 Å². The lowest BCUT2D eigenvalue weighted by Gasteiger charge is -2.04. The summed E-state index contributed by atoms with van der Waals surface area (Å²) in [4.78, 5) is 10.1. The van der Waals surface area contributed by atoms with Gasteiger partial charge in [0.25, 0.3) is 0 Å². The van der Waals surface area contributed by atoms with Gasteiger partial charge in [-0.15, -0.1) is 5.10 Å². The number of nitrogens with one attached hydrogen (secondary N) is 1. The van der Waals surface area contributed by atoms with E-state index in [0.29, 0.717) is 18.7 Å². The van der Waals surface area contributed by atoms with E-state index < -0.39 is 4.92 Å². The van der Waals surface area contributed by atoms with E-state index in [9.17, 15) is 10.1 Å². The molecule has 84 valence electrons. The van der Waals surface area contributed by atoms with Gasteiger partial charge in [-0.05, 0) is 20.3 Å². The quantitative estimate of drug-likeness (QED) is 0.555. The van der Waals surface area contributed by atoms with Crippen molar-refractivity contribution in [2.45, 2.75) is 26.3 Å². The summed E-state index contributed by atoms with van der Waals surface area (Å²) in [6, 6.07) is 0.00379. The van der Waals surface area contributed by atoms with E-state index in [1.54, 1.807) is 6.92 Å². The molecule has 0 saturated carbocycles. The first-order valence-electron chi connectivity index (χ1n) is 4.60. The molecule has 0 aromatic carbocycles. The summed E-state index contributed by atoms with van der Waals surface area (Å²) in [5, 5.41) is 16.9. The fourth-order valence-electron chi connectivity index (χ4n) is 1.06. The number of hydrogen-bond acceptors (Lipinski definition) is 5. The van der Waals surface area contributed by atoms with Crippen LogP contribution in [0.15, 0.2) is 0 Å². The molecule has 0 amide bonds. The summed E-state index contributed by atoms with van der Waals surface area (Å²) in [6.45, 7) is 3.74. The zero-order valence-corrected chi connectivity index (χ0v) is 8.69. The fourth-order valence-corrected chi connectivity index (χ4v) is 1.06. The number of aromatic nitrogens is 2. The van der Waals surface area contributed by atoms with Gasteiger partial charge in [-0.3, -0.25) is 15.2 Å². The first kappa shape index (κ1) is 11.4. The van der Waals surface area contributed by atoms with E-state index in [1.807, 2.05) is 6.92 Å². The van der Waals surface area contributed by atoms with Crippen LogP contribution in [0.2, 0.25) is 0 Å².